The van der Waals surface area contributed by atoms with Crippen LogP contribution in [0.2, 0.25) is 0 Å². The smallest absolute Gasteiger partial charge is 0.258 e. The van der Waals surface area contributed by atoms with E-state index in [9.17, 15) is 13.6 Å². The Morgan fingerprint density at radius 1 is 1.24 bits per heavy atom. The van der Waals surface area contributed by atoms with Crippen LogP contribution in [-0.4, -0.2) is 22.4 Å². The fourth-order valence-electron chi connectivity index (χ4n) is 1.48. The molecule has 0 spiro atoms. The average Bonchev–Trinajstić information content (AvgIpc) is 2.49. The van der Waals surface area contributed by atoms with Crippen molar-refractivity contribution in [1.29, 1.82) is 0 Å². The summed E-state index contributed by atoms with van der Waals surface area (Å²) in [6, 6.07) is 3.09. The number of aromatic nitrogens is 2. The molecule has 0 aliphatic heterocycles. The van der Waals surface area contributed by atoms with Crippen LogP contribution in [0.1, 0.15) is 10.4 Å². The van der Waals surface area contributed by atoms with E-state index in [1.807, 2.05) is 0 Å². The predicted octanol–water partition coefficient (Wildman–Crippen LogP) is 2.61. The third-order valence-corrected chi connectivity index (χ3v) is 2.50. The monoisotopic (exact) mass is 290 g/mol. The van der Waals surface area contributed by atoms with Crippen molar-refractivity contribution in [2.45, 2.75) is 0 Å². The molecule has 0 saturated heterocycles. The summed E-state index contributed by atoms with van der Waals surface area (Å²) < 4.78 is 25.8. The van der Waals surface area contributed by atoms with E-state index >= 15 is 0 Å². The number of amides is 1. The van der Waals surface area contributed by atoms with Crippen molar-refractivity contribution in [2.24, 2.45) is 0 Å². The van der Waals surface area contributed by atoms with E-state index in [-0.39, 0.29) is 11.3 Å². The van der Waals surface area contributed by atoms with Crippen molar-refractivity contribution >= 4 is 17.5 Å². The molecule has 0 aliphatic rings. The molecule has 0 saturated carbocycles. The van der Waals surface area contributed by atoms with E-state index in [0.29, 0.717) is 12.5 Å². The summed E-state index contributed by atoms with van der Waals surface area (Å²) in [6.45, 7) is 4.04. The fourth-order valence-corrected chi connectivity index (χ4v) is 1.48. The molecule has 1 heterocycles. The molecule has 1 aromatic carbocycles. The minimum absolute atomic E-state index is 0.146. The molecule has 0 atom stereocenters. The SMILES string of the molecule is C=CCNc1ncc(C(=O)Nc2ccc(F)c(F)c2)cn1. The van der Waals surface area contributed by atoms with Gasteiger partial charge in [-0.25, -0.2) is 18.7 Å². The number of carbonyl (C=O) groups excluding carboxylic acids is 1. The number of rotatable bonds is 5. The van der Waals surface area contributed by atoms with E-state index in [2.05, 4.69) is 27.2 Å². The quantitative estimate of drug-likeness (QED) is 0.831. The van der Waals surface area contributed by atoms with Gasteiger partial charge in [-0.1, -0.05) is 6.08 Å². The van der Waals surface area contributed by atoms with Gasteiger partial charge in [0.25, 0.3) is 5.91 Å². The van der Waals surface area contributed by atoms with Crippen LogP contribution < -0.4 is 10.6 Å². The normalized spacial score (nSPS) is 10.0. The van der Waals surface area contributed by atoms with Gasteiger partial charge >= 0.3 is 0 Å². The van der Waals surface area contributed by atoms with Crippen molar-refractivity contribution in [3.05, 3.63) is 60.4 Å². The van der Waals surface area contributed by atoms with Crippen LogP contribution in [0.4, 0.5) is 20.4 Å². The lowest BCUT2D eigenvalue weighted by atomic mass is 10.2. The molecule has 0 fully saturated rings. The molecule has 108 valence electrons. The largest absolute Gasteiger partial charge is 0.351 e. The van der Waals surface area contributed by atoms with Gasteiger partial charge in [0.15, 0.2) is 11.6 Å². The number of nitrogens with one attached hydrogen (secondary N) is 2. The summed E-state index contributed by atoms with van der Waals surface area (Å²) in [4.78, 5) is 19.8. The van der Waals surface area contributed by atoms with E-state index in [1.54, 1.807) is 6.08 Å². The van der Waals surface area contributed by atoms with Gasteiger partial charge in [0.1, 0.15) is 0 Å². The van der Waals surface area contributed by atoms with E-state index in [4.69, 9.17) is 0 Å². The molecule has 0 bridgehead atoms. The second-order valence-electron chi connectivity index (χ2n) is 4.05. The molecule has 7 heteroatoms. The molecule has 0 aliphatic carbocycles. The zero-order valence-corrected chi connectivity index (χ0v) is 10.9. The summed E-state index contributed by atoms with van der Waals surface area (Å²) in [6.07, 6.45) is 4.30. The third kappa shape index (κ3) is 3.82. The molecule has 0 unspecified atom stereocenters. The van der Waals surface area contributed by atoms with Crippen LogP contribution in [0.15, 0.2) is 43.2 Å². The highest BCUT2D eigenvalue weighted by molar-refractivity contribution is 6.03. The molecule has 2 N–H and O–H groups in total. The summed E-state index contributed by atoms with van der Waals surface area (Å²) in [5, 5.41) is 5.29. The van der Waals surface area contributed by atoms with Gasteiger partial charge in [-0.2, -0.15) is 0 Å². The van der Waals surface area contributed by atoms with Crippen molar-refractivity contribution < 1.29 is 13.6 Å². The Morgan fingerprint density at radius 2 is 1.95 bits per heavy atom. The first kappa shape index (κ1) is 14.6. The van der Waals surface area contributed by atoms with Crippen molar-refractivity contribution in [3.63, 3.8) is 0 Å². The summed E-state index contributed by atoms with van der Waals surface area (Å²) in [5.41, 5.74) is 0.344. The maximum Gasteiger partial charge on any atom is 0.258 e. The number of hydrogen-bond acceptors (Lipinski definition) is 4. The average molecular weight is 290 g/mol. The van der Waals surface area contributed by atoms with Gasteiger partial charge in [-0.15, -0.1) is 6.58 Å². The number of hydrogen-bond donors (Lipinski definition) is 2. The molecule has 2 aromatic rings. The van der Waals surface area contributed by atoms with E-state index in [0.717, 1.165) is 12.1 Å². The lowest BCUT2D eigenvalue weighted by Crippen LogP contribution is -2.13. The Morgan fingerprint density at radius 3 is 2.57 bits per heavy atom. The molecule has 2 rings (SSSR count). The van der Waals surface area contributed by atoms with Gasteiger partial charge in [-0.3, -0.25) is 4.79 Å². The first-order valence-corrected chi connectivity index (χ1v) is 6.03. The Labute approximate surface area is 119 Å². The Bertz CT molecular complexity index is 659. The summed E-state index contributed by atoms with van der Waals surface area (Å²) in [5.74, 6) is -2.17. The van der Waals surface area contributed by atoms with Crippen LogP contribution in [0.3, 0.4) is 0 Å². The highest BCUT2D eigenvalue weighted by Gasteiger charge is 2.09. The summed E-state index contributed by atoms with van der Waals surface area (Å²) >= 11 is 0. The molecule has 1 amide bonds. The maximum absolute atomic E-state index is 13.0. The number of anilines is 2. The predicted molar refractivity (Wildman–Crippen MR) is 75.0 cm³/mol. The van der Waals surface area contributed by atoms with Gasteiger partial charge in [0.2, 0.25) is 5.95 Å². The number of nitrogens with zero attached hydrogens (tertiary/aromatic N) is 2. The lowest BCUT2D eigenvalue weighted by molar-refractivity contribution is 0.102. The number of benzene rings is 1. The Balaban J connectivity index is 2.05. The standard InChI is InChI=1S/C14H12F2N4O/c1-2-5-17-14-18-7-9(8-19-14)13(21)20-10-3-4-11(15)12(16)6-10/h2-4,6-8H,1,5H2,(H,20,21)(H,17,18,19). The van der Waals surface area contributed by atoms with E-state index in [1.165, 1.54) is 18.5 Å². The molecular formula is C14H12F2N4O. The first-order chi connectivity index (χ1) is 10.1. The zero-order valence-electron chi connectivity index (χ0n) is 10.9. The first-order valence-electron chi connectivity index (χ1n) is 6.03. The van der Waals surface area contributed by atoms with E-state index < -0.39 is 17.5 Å². The Kier molecular flexibility index (Phi) is 4.55. The van der Waals surface area contributed by atoms with Gasteiger partial charge in [-0.05, 0) is 12.1 Å². The van der Waals surface area contributed by atoms with Gasteiger partial charge < -0.3 is 10.6 Å². The highest BCUT2D eigenvalue weighted by atomic mass is 19.2. The zero-order chi connectivity index (χ0) is 15.2. The molecule has 21 heavy (non-hydrogen) atoms. The topological polar surface area (TPSA) is 66.9 Å². The van der Waals surface area contributed by atoms with Crippen LogP contribution in [0, 0.1) is 11.6 Å². The molecule has 0 radical (unpaired) electrons. The summed E-state index contributed by atoms with van der Waals surface area (Å²) in [7, 11) is 0. The van der Waals surface area contributed by atoms with Gasteiger partial charge in [0, 0.05) is 30.7 Å². The van der Waals surface area contributed by atoms with Crippen molar-refractivity contribution in [1.82, 2.24) is 9.97 Å². The number of carbonyl (C=O) groups is 1. The van der Waals surface area contributed by atoms with Crippen LogP contribution in [0.5, 0.6) is 0 Å². The molecular weight excluding hydrogens is 278 g/mol. The number of halogens is 2. The molecule has 1 aromatic heterocycles. The second kappa shape index (κ2) is 6.56. The minimum Gasteiger partial charge on any atom is -0.351 e. The fraction of sp³-hybridized carbons (Fsp3) is 0.0714. The van der Waals surface area contributed by atoms with Gasteiger partial charge in [0.05, 0.1) is 5.56 Å². The third-order valence-electron chi connectivity index (χ3n) is 2.50. The minimum atomic E-state index is -1.03. The van der Waals surface area contributed by atoms with Crippen LogP contribution >= 0.6 is 0 Å². The second-order valence-corrected chi connectivity index (χ2v) is 4.05. The highest BCUT2D eigenvalue weighted by Crippen LogP contribution is 2.14. The van der Waals surface area contributed by atoms with Crippen LogP contribution in [0.25, 0.3) is 0 Å². The van der Waals surface area contributed by atoms with Crippen molar-refractivity contribution in [3.8, 4) is 0 Å². The maximum atomic E-state index is 13.0. The lowest BCUT2D eigenvalue weighted by Gasteiger charge is -2.06. The molecule has 5 nitrogen and oxygen atoms in total. The van der Waals surface area contributed by atoms with Crippen LogP contribution in [-0.2, 0) is 0 Å². The Hall–Kier alpha value is -2.83. The van der Waals surface area contributed by atoms with Crippen molar-refractivity contribution in [2.75, 3.05) is 17.2 Å².